The van der Waals surface area contributed by atoms with Gasteiger partial charge < -0.3 is 21.1 Å². The second-order valence-electron chi connectivity index (χ2n) is 7.50. The summed E-state index contributed by atoms with van der Waals surface area (Å²) in [4.78, 5) is 18.7. The Hall–Kier alpha value is -3.03. The summed E-state index contributed by atoms with van der Waals surface area (Å²) in [6, 6.07) is 12.0. The number of benzene rings is 1. The molecule has 2 heterocycles. The highest BCUT2D eigenvalue weighted by Gasteiger charge is 2.18. The quantitative estimate of drug-likeness (QED) is 0.378. The van der Waals surface area contributed by atoms with Gasteiger partial charge in [-0.1, -0.05) is 24.3 Å². The van der Waals surface area contributed by atoms with Gasteiger partial charge in [-0.15, -0.1) is 0 Å². The minimum Gasteiger partial charge on any atom is -0.392 e. The number of carbonyl (C=O) groups excluding carboxylic acids is 1. The normalized spacial score (nSPS) is 15.5. The molecule has 0 spiro atoms. The average molecular weight is 408 g/mol. The van der Waals surface area contributed by atoms with Crippen LogP contribution in [0.4, 0.5) is 5.69 Å². The molecule has 4 N–H and O–H groups in total. The Morgan fingerprint density at radius 1 is 1.27 bits per heavy atom. The third-order valence-electron chi connectivity index (χ3n) is 5.25. The monoisotopic (exact) mass is 407 g/mol. The van der Waals surface area contributed by atoms with Crippen molar-refractivity contribution in [3.05, 3.63) is 71.2 Å². The molecule has 1 amide bonds. The minimum atomic E-state index is -0.515. The summed E-state index contributed by atoms with van der Waals surface area (Å²) in [5.74, 6) is -0.330. The van der Waals surface area contributed by atoms with Crippen LogP contribution in [0, 0.1) is 5.41 Å². The summed E-state index contributed by atoms with van der Waals surface area (Å²) in [6.07, 6.45) is 5.30. The predicted molar refractivity (Wildman–Crippen MR) is 118 cm³/mol. The number of aliphatic hydroxyl groups is 1. The molecule has 30 heavy (non-hydrogen) atoms. The van der Waals surface area contributed by atoms with E-state index in [1.165, 1.54) is 11.1 Å². The van der Waals surface area contributed by atoms with Gasteiger partial charge in [0, 0.05) is 56.2 Å². The van der Waals surface area contributed by atoms with Crippen molar-refractivity contribution in [2.45, 2.75) is 32.4 Å². The minimum absolute atomic E-state index is 0.258. The molecule has 0 radical (unpaired) electrons. The van der Waals surface area contributed by atoms with E-state index in [9.17, 15) is 9.90 Å². The zero-order chi connectivity index (χ0) is 21.3. The number of rotatable bonds is 9. The number of β-amino-alcohol motifs (C(OH)–C–C–N with tert-alkyl or cyclic N) is 1. The maximum atomic E-state index is 12.5. The Morgan fingerprint density at radius 2 is 2.00 bits per heavy atom. The third kappa shape index (κ3) is 5.98. The number of aromatic nitrogens is 1. The van der Waals surface area contributed by atoms with E-state index in [1.54, 1.807) is 31.5 Å². The van der Waals surface area contributed by atoms with E-state index >= 15 is 0 Å². The molecular weight excluding hydrogens is 378 g/mol. The van der Waals surface area contributed by atoms with E-state index in [0.717, 1.165) is 31.4 Å². The number of pyridine rings is 1. The van der Waals surface area contributed by atoms with Gasteiger partial charge in [-0.05, 0) is 43.0 Å². The van der Waals surface area contributed by atoms with Crippen molar-refractivity contribution in [1.82, 2.24) is 15.2 Å². The van der Waals surface area contributed by atoms with Gasteiger partial charge in [0.15, 0.2) is 0 Å². The molecule has 1 atom stereocenters. The summed E-state index contributed by atoms with van der Waals surface area (Å²) >= 11 is 0. The summed E-state index contributed by atoms with van der Waals surface area (Å²) in [7, 11) is 0. The second kappa shape index (κ2) is 10.7. The van der Waals surface area contributed by atoms with Crippen LogP contribution in [0.25, 0.3) is 0 Å². The molecule has 158 valence electrons. The standard InChI is InChI=1S/C23H29N5O2/c1-17(27-20-6-10-25-11-7-20)22(14-24)23(30)26-12-8-21(29)16-28-13-9-18-4-2-3-5-19(18)15-28/h2-7,10-11,14,21,24,29H,8-9,12-13,15-16H2,1H3,(H,25,27)(H,26,30)/b22-17+,24-14?. The lowest BCUT2D eigenvalue weighted by Gasteiger charge is -2.30. The molecule has 2 aromatic rings. The van der Waals surface area contributed by atoms with Gasteiger partial charge in [0.2, 0.25) is 0 Å². The van der Waals surface area contributed by atoms with Crippen molar-refractivity contribution >= 4 is 17.8 Å². The van der Waals surface area contributed by atoms with Gasteiger partial charge in [0.05, 0.1) is 11.7 Å². The molecule has 1 unspecified atom stereocenters. The molecule has 1 aromatic heterocycles. The molecule has 0 saturated carbocycles. The van der Waals surface area contributed by atoms with Gasteiger partial charge in [-0.2, -0.15) is 0 Å². The molecule has 0 fully saturated rings. The van der Waals surface area contributed by atoms with Crippen LogP contribution in [0.15, 0.2) is 60.1 Å². The maximum Gasteiger partial charge on any atom is 0.254 e. The first-order chi connectivity index (χ1) is 14.6. The highest BCUT2D eigenvalue weighted by molar-refractivity contribution is 6.12. The van der Waals surface area contributed by atoms with Crippen LogP contribution in [0.2, 0.25) is 0 Å². The molecule has 1 aliphatic rings. The topological polar surface area (TPSA) is 101 Å². The van der Waals surface area contributed by atoms with E-state index in [2.05, 4.69) is 38.7 Å². The predicted octanol–water partition coefficient (Wildman–Crippen LogP) is 2.34. The van der Waals surface area contributed by atoms with Crippen LogP contribution >= 0.6 is 0 Å². The molecule has 0 saturated heterocycles. The van der Waals surface area contributed by atoms with E-state index in [-0.39, 0.29) is 11.5 Å². The molecule has 7 nitrogen and oxygen atoms in total. The van der Waals surface area contributed by atoms with Crippen molar-refractivity contribution in [1.29, 1.82) is 5.41 Å². The summed E-state index contributed by atoms with van der Waals surface area (Å²) in [6.45, 7) is 4.47. The van der Waals surface area contributed by atoms with E-state index < -0.39 is 6.10 Å². The fraction of sp³-hybridized carbons (Fsp3) is 0.348. The van der Waals surface area contributed by atoms with Crippen LogP contribution in [0.3, 0.4) is 0 Å². The highest BCUT2D eigenvalue weighted by atomic mass is 16.3. The first kappa shape index (κ1) is 21.7. The fourth-order valence-corrected chi connectivity index (χ4v) is 3.61. The van der Waals surface area contributed by atoms with Gasteiger partial charge in [-0.3, -0.25) is 14.7 Å². The number of nitrogens with zero attached hydrogens (tertiary/aromatic N) is 2. The Bertz CT molecular complexity index is 897. The van der Waals surface area contributed by atoms with E-state index in [1.807, 2.05) is 6.07 Å². The molecule has 3 rings (SSSR count). The Labute approximate surface area is 177 Å². The van der Waals surface area contributed by atoms with Gasteiger partial charge >= 0.3 is 0 Å². The number of anilines is 1. The number of aliphatic hydroxyl groups excluding tert-OH is 1. The number of nitrogens with one attached hydrogen (secondary N) is 3. The smallest absolute Gasteiger partial charge is 0.254 e. The number of fused-ring (bicyclic) bond motifs is 1. The number of amides is 1. The first-order valence-corrected chi connectivity index (χ1v) is 10.2. The van der Waals surface area contributed by atoms with Crippen LogP contribution < -0.4 is 10.6 Å². The van der Waals surface area contributed by atoms with E-state index in [4.69, 9.17) is 5.41 Å². The lowest BCUT2D eigenvalue weighted by atomic mass is 9.99. The lowest BCUT2D eigenvalue weighted by molar-refractivity contribution is -0.117. The van der Waals surface area contributed by atoms with Crippen LogP contribution in [-0.2, 0) is 17.8 Å². The van der Waals surface area contributed by atoms with Crippen molar-refractivity contribution in [2.24, 2.45) is 0 Å². The molecule has 0 aliphatic carbocycles. The molecule has 7 heteroatoms. The second-order valence-corrected chi connectivity index (χ2v) is 7.50. The largest absolute Gasteiger partial charge is 0.392 e. The maximum absolute atomic E-state index is 12.5. The highest BCUT2D eigenvalue weighted by Crippen LogP contribution is 2.18. The van der Waals surface area contributed by atoms with Crippen molar-refractivity contribution < 1.29 is 9.90 Å². The molecular formula is C23H29N5O2. The van der Waals surface area contributed by atoms with Crippen LogP contribution in [0.1, 0.15) is 24.5 Å². The Balaban J connectivity index is 1.45. The summed E-state index contributed by atoms with van der Waals surface area (Å²) < 4.78 is 0. The molecule has 0 bridgehead atoms. The lowest BCUT2D eigenvalue weighted by Crippen LogP contribution is -2.38. The number of allylic oxidation sites excluding steroid dienone is 1. The molecule has 1 aromatic carbocycles. The number of carbonyl (C=O) groups is 1. The van der Waals surface area contributed by atoms with Crippen molar-refractivity contribution in [3.8, 4) is 0 Å². The van der Waals surface area contributed by atoms with Crippen LogP contribution in [-0.4, -0.2) is 52.9 Å². The SMILES string of the molecule is C/C(Nc1ccncc1)=C(/C=N)C(=O)NCCC(O)CN1CCc2ccccc2C1. The third-order valence-corrected chi connectivity index (χ3v) is 5.25. The average Bonchev–Trinajstić information content (AvgIpc) is 2.75. The zero-order valence-electron chi connectivity index (χ0n) is 17.3. The Kier molecular flexibility index (Phi) is 7.70. The molecule has 1 aliphatic heterocycles. The van der Waals surface area contributed by atoms with Crippen molar-refractivity contribution in [2.75, 3.05) is 25.0 Å². The summed E-state index contributed by atoms with van der Waals surface area (Å²) in [5.41, 5.74) is 4.35. The van der Waals surface area contributed by atoms with Gasteiger partial charge in [0.1, 0.15) is 0 Å². The summed E-state index contributed by atoms with van der Waals surface area (Å²) in [5, 5.41) is 23.9. The van der Waals surface area contributed by atoms with Gasteiger partial charge in [-0.25, -0.2) is 0 Å². The van der Waals surface area contributed by atoms with Gasteiger partial charge in [0.25, 0.3) is 5.91 Å². The first-order valence-electron chi connectivity index (χ1n) is 10.2. The van der Waals surface area contributed by atoms with Crippen LogP contribution in [0.5, 0.6) is 0 Å². The van der Waals surface area contributed by atoms with Crippen molar-refractivity contribution in [3.63, 3.8) is 0 Å². The number of hydrogen-bond donors (Lipinski definition) is 4. The number of hydrogen-bond acceptors (Lipinski definition) is 6. The fourth-order valence-electron chi connectivity index (χ4n) is 3.61. The zero-order valence-corrected chi connectivity index (χ0v) is 17.3. The Morgan fingerprint density at radius 3 is 2.73 bits per heavy atom. The van der Waals surface area contributed by atoms with E-state index in [0.29, 0.717) is 25.2 Å².